The molecule has 5 aromatic carbocycles. The number of pyridine rings is 1. The van der Waals surface area contributed by atoms with Crippen molar-refractivity contribution in [2.45, 2.75) is 32.9 Å². The zero-order valence-corrected chi connectivity index (χ0v) is 30.4. The number of anilines is 3. The molecule has 7 aromatic rings. The van der Waals surface area contributed by atoms with Crippen LogP contribution in [-0.2, 0) is 21.1 Å². The third-order valence-corrected chi connectivity index (χ3v) is 12.6. The molecule has 0 unspecified atom stereocenters. The molecular formula is C41H37N4OPtSi-. The molecule has 2 aromatic heterocycles. The van der Waals surface area contributed by atoms with Crippen LogP contribution in [-0.4, -0.2) is 29.5 Å². The number of rotatable bonds is 6. The second-order valence-electron chi connectivity index (χ2n) is 12.9. The average molecular weight is 828 g/mol. The number of hydrogen-bond donors (Lipinski definition) is 0. The predicted octanol–water partition coefficient (Wildman–Crippen LogP) is 8.82. The summed E-state index contributed by atoms with van der Waals surface area (Å²) in [6.07, 6.45) is 1.90. The standard InChI is InChI=1S/C41H36N4OSi.Pt/c1-28(2)33-15-6-7-16-34(33)29-23-24-42-41(25-29)44-37-18-9-8-17-35(37)36-22-21-32(27-40(36)44)47(4,5)31-14-12-13-30(26-31)45-39-20-11-10-19-38(39)43(3)46-45;/h6-25,28H,1-5H3;/q-2;/p+1/i3D3;. The van der Waals surface area contributed by atoms with Crippen molar-refractivity contribution in [3.63, 3.8) is 0 Å². The molecule has 48 heavy (non-hydrogen) atoms. The van der Waals surface area contributed by atoms with Gasteiger partial charge in [-0.3, -0.25) is 0 Å². The van der Waals surface area contributed by atoms with Crippen molar-refractivity contribution in [1.82, 2.24) is 9.55 Å². The van der Waals surface area contributed by atoms with Crippen molar-refractivity contribution in [3.8, 4) is 16.9 Å². The number of aromatic nitrogens is 2. The van der Waals surface area contributed by atoms with E-state index in [1.54, 1.807) is 11.1 Å². The molecular weight excluding hydrogens is 788 g/mol. The third kappa shape index (κ3) is 5.29. The maximum absolute atomic E-state index is 8.06. The van der Waals surface area contributed by atoms with Crippen molar-refractivity contribution in [3.05, 3.63) is 139 Å². The quantitative estimate of drug-likeness (QED) is 0.0957. The number of fused-ring (bicyclic) bond motifs is 4. The van der Waals surface area contributed by atoms with E-state index in [1.165, 1.54) is 11.1 Å². The van der Waals surface area contributed by atoms with E-state index in [0.717, 1.165) is 48.6 Å². The topological polar surface area (TPSA) is 37.1 Å². The van der Waals surface area contributed by atoms with Gasteiger partial charge in [-0.05, 0) is 58.3 Å². The minimum atomic E-state index is -2.41. The zero-order valence-electron chi connectivity index (χ0n) is 30.2. The van der Waals surface area contributed by atoms with Crippen LogP contribution in [0.15, 0.2) is 121 Å². The molecule has 8 rings (SSSR count). The molecule has 0 amide bonds. The molecule has 1 aliphatic rings. The number of hydrogen-bond acceptors (Lipinski definition) is 3. The number of benzene rings is 5. The molecule has 0 bridgehead atoms. The van der Waals surface area contributed by atoms with Gasteiger partial charge < -0.3 is 4.57 Å². The monoisotopic (exact) mass is 827 g/mol. The number of para-hydroxylation sites is 3. The van der Waals surface area contributed by atoms with E-state index in [1.807, 2.05) is 36.5 Å². The van der Waals surface area contributed by atoms with Crippen molar-refractivity contribution >= 4 is 57.3 Å². The van der Waals surface area contributed by atoms with Crippen molar-refractivity contribution in [2.24, 2.45) is 0 Å². The van der Waals surface area contributed by atoms with E-state index >= 15 is 0 Å². The Bertz CT molecular complexity index is 2410. The van der Waals surface area contributed by atoms with Crippen LogP contribution in [0.2, 0.25) is 13.1 Å². The molecule has 0 radical (unpaired) electrons. The summed E-state index contributed by atoms with van der Waals surface area (Å²) in [4.78, 5) is 9.44. The summed E-state index contributed by atoms with van der Waals surface area (Å²) in [6, 6.07) is 46.8. The first-order chi connectivity index (χ1) is 24.0. The van der Waals surface area contributed by atoms with E-state index in [4.69, 9.17) is 9.10 Å². The first-order valence-corrected chi connectivity index (χ1v) is 19.0. The van der Waals surface area contributed by atoms with E-state index < -0.39 is 15.0 Å². The molecule has 5 nitrogen and oxygen atoms in total. The van der Waals surface area contributed by atoms with Crippen molar-refractivity contribution in [2.75, 3.05) is 17.1 Å². The molecule has 0 saturated carbocycles. The molecule has 1 aliphatic heterocycles. The molecule has 0 spiro atoms. The Hall–Kier alpha value is -4.48. The Morgan fingerprint density at radius 2 is 1.52 bits per heavy atom. The van der Waals surface area contributed by atoms with Gasteiger partial charge in [0.2, 0.25) is 0 Å². The van der Waals surface area contributed by atoms with Crippen LogP contribution in [0, 0.1) is 12.1 Å². The summed E-state index contributed by atoms with van der Waals surface area (Å²) in [7, 11) is -2.39. The van der Waals surface area contributed by atoms with Crippen LogP contribution in [0.1, 0.15) is 29.4 Å². The van der Waals surface area contributed by atoms with Gasteiger partial charge in [0.05, 0.1) is 19.2 Å². The molecule has 7 heteroatoms. The third-order valence-electron chi connectivity index (χ3n) is 9.32. The summed E-state index contributed by atoms with van der Waals surface area (Å²) < 4.78 is 26.4. The molecule has 242 valence electrons. The van der Waals surface area contributed by atoms with Crippen LogP contribution in [0.25, 0.3) is 38.8 Å². The van der Waals surface area contributed by atoms with Crippen LogP contribution in [0.3, 0.4) is 0 Å². The van der Waals surface area contributed by atoms with E-state index in [-0.39, 0.29) is 21.1 Å². The fourth-order valence-corrected chi connectivity index (χ4v) is 8.92. The maximum Gasteiger partial charge on any atom is 0.145 e. The fraction of sp³-hybridized carbons (Fsp3) is 0.146. The van der Waals surface area contributed by atoms with Crippen LogP contribution in [0.5, 0.6) is 0 Å². The van der Waals surface area contributed by atoms with Gasteiger partial charge in [-0.15, -0.1) is 21.6 Å². The van der Waals surface area contributed by atoms with Gasteiger partial charge in [-0.1, -0.05) is 87.1 Å². The van der Waals surface area contributed by atoms with Gasteiger partial charge in [0.1, 0.15) is 17.2 Å². The summed E-state index contributed by atoms with van der Waals surface area (Å²) in [5.41, 5.74) is 7.67. The smallest absolute Gasteiger partial charge is 0.145 e. The van der Waals surface area contributed by atoms with E-state index in [2.05, 4.69) is 127 Å². The SMILES string of the molecule is [2H]C([2H])([2H])N1[OH+]N(c2[c-]c([Si](C)(C)c3[c-]c4c(cc3)c3ccccc3n4-c3cc(-c4ccccc4C(C)C)ccn3)ccc2)c2ccccc21.[Pt]. The molecule has 3 heterocycles. The van der Waals surface area contributed by atoms with Gasteiger partial charge in [-0.2, -0.15) is 51.7 Å². The fourth-order valence-electron chi connectivity index (χ4n) is 6.74. The zero-order chi connectivity index (χ0) is 34.8. The van der Waals surface area contributed by atoms with Crippen molar-refractivity contribution < 1.29 is 30.1 Å². The summed E-state index contributed by atoms with van der Waals surface area (Å²) in [5, 5.41) is 7.26. The van der Waals surface area contributed by atoms with Crippen LogP contribution >= 0.6 is 0 Å². The molecule has 0 aliphatic carbocycles. The van der Waals surface area contributed by atoms with Gasteiger partial charge in [-0.25, -0.2) is 4.98 Å². The maximum atomic E-state index is 8.06. The summed E-state index contributed by atoms with van der Waals surface area (Å²) >= 11 is 0. The average Bonchev–Trinajstić information content (AvgIpc) is 3.68. The van der Waals surface area contributed by atoms with E-state index in [9.17, 15) is 0 Å². The number of hydroxylamine groups is 1. The van der Waals surface area contributed by atoms with Gasteiger partial charge in [0.15, 0.2) is 0 Å². The number of nitrogens with zero attached hydrogens (tertiary/aromatic N) is 4. The van der Waals surface area contributed by atoms with Crippen molar-refractivity contribution in [1.29, 1.82) is 0 Å². The second-order valence-corrected chi connectivity index (χ2v) is 17.2. The Labute approximate surface area is 301 Å². The van der Waals surface area contributed by atoms with Crippen LogP contribution in [0.4, 0.5) is 17.1 Å². The van der Waals surface area contributed by atoms with Gasteiger partial charge in [0, 0.05) is 38.5 Å². The van der Waals surface area contributed by atoms with Crippen LogP contribution < -0.4 is 20.5 Å². The molecule has 0 fully saturated rings. The Morgan fingerprint density at radius 1 is 0.771 bits per heavy atom. The Balaban J connectivity index is 0.00000406. The van der Waals surface area contributed by atoms with Gasteiger partial charge >= 0.3 is 0 Å². The minimum absolute atomic E-state index is 0. The Kier molecular flexibility index (Phi) is 7.44. The Morgan fingerprint density at radius 3 is 2.35 bits per heavy atom. The molecule has 0 saturated heterocycles. The predicted molar refractivity (Wildman–Crippen MR) is 198 cm³/mol. The minimum Gasteiger partial charge on any atom is -0.319 e. The molecule has 0 atom stereocenters. The summed E-state index contributed by atoms with van der Waals surface area (Å²) in [5.74, 6) is 1.24. The van der Waals surface area contributed by atoms with E-state index in [0.29, 0.717) is 23.0 Å². The first kappa shape index (κ1) is 28.5. The largest absolute Gasteiger partial charge is 0.319 e. The normalized spacial score (nSPS) is 14.1. The molecule has 1 N–H and O–H groups in total. The summed E-state index contributed by atoms with van der Waals surface area (Å²) in [6.45, 7) is 6.66. The first-order valence-electron chi connectivity index (χ1n) is 17.5. The second kappa shape index (κ2) is 12.5. The van der Waals surface area contributed by atoms with Gasteiger partial charge in [0.25, 0.3) is 0 Å².